The van der Waals surface area contributed by atoms with E-state index in [1.807, 2.05) is 6.07 Å². The predicted molar refractivity (Wildman–Crippen MR) is 107 cm³/mol. The number of carbonyl (C=O) groups is 1. The molecule has 3 aromatic rings. The lowest BCUT2D eigenvalue weighted by Crippen LogP contribution is -2.47. The zero-order valence-electron chi connectivity index (χ0n) is 15.9. The molecule has 2 aliphatic heterocycles. The second kappa shape index (κ2) is 6.60. The molecule has 0 atom stereocenters. The molecule has 0 aliphatic carbocycles. The number of nitrogens with zero attached hydrogens (tertiary/aromatic N) is 3. The van der Waals surface area contributed by atoms with Crippen LogP contribution in [-0.4, -0.2) is 47.8 Å². The molecule has 0 unspecified atom stereocenters. The number of aromatic nitrogens is 3. The Balaban J connectivity index is 1.38. The summed E-state index contributed by atoms with van der Waals surface area (Å²) in [4.78, 5) is 17.5. The van der Waals surface area contributed by atoms with Crippen LogP contribution in [0.2, 0.25) is 0 Å². The Morgan fingerprint density at radius 1 is 1.18 bits per heavy atom. The summed E-state index contributed by atoms with van der Waals surface area (Å²) < 4.78 is 6.36. The zero-order valence-corrected chi connectivity index (χ0v) is 15.9. The standard InChI is InChI=1S/C21H23N5O2/c1-22-20(27)17-6-7-18(25-24-17)26-11-9-21(10-12-26)19-15(8-13-28-21)14-4-2-3-5-16(14)23-19/h2-7,23H,8-13H2,1H3,(H,22,27). The number of anilines is 1. The predicted octanol–water partition coefficient (Wildman–Crippen LogP) is 2.39. The van der Waals surface area contributed by atoms with E-state index >= 15 is 0 Å². The van der Waals surface area contributed by atoms with Gasteiger partial charge in [0, 0.05) is 31.0 Å². The van der Waals surface area contributed by atoms with Gasteiger partial charge in [-0.05, 0) is 43.0 Å². The number of aromatic amines is 1. The minimum absolute atomic E-state index is 0.224. The van der Waals surface area contributed by atoms with Crippen molar-refractivity contribution in [3.8, 4) is 0 Å². The van der Waals surface area contributed by atoms with Gasteiger partial charge in [0.25, 0.3) is 5.91 Å². The van der Waals surface area contributed by atoms with Crippen LogP contribution in [0.1, 0.15) is 34.6 Å². The van der Waals surface area contributed by atoms with Crippen LogP contribution in [-0.2, 0) is 16.8 Å². The Labute approximate surface area is 163 Å². The Kier molecular flexibility index (Phi) is 4.05. The number of para-hydroxylation sites is 1. The molecular weight excluding hydrogens is 354 g/mol. The van der Waals surface area contributed by atoms with Gasteiger partial charge in [-0.25, -0.2) is 0 Å². The smallest absolute Gasteiger partial charge is 0.271 e. The van der Waals surface area contributed by atoms with Gasteiger partial charge < -0.3 is 19.9 Å². The molecule has 0 bridgehead atoms. The monoisotopic (exact) mass is 377 g/mol. The normalized spacial score (nSPS) is 18.2. The maximum absolute atomic E-state index is 11.6. The van der Waals surface area contributed by atoms with Gasteiger partial charge in [0.1, 0.15) is 5.60 Å². The Morgan fingerprint density at radius 2 is 2.00 bits per heavy atom. The van der Waals surface area contributed by atoms with Crippen LogP contribution in [0.4, 0.5) is 5.82 Å². The van der Waals surface area contributed by atoms with Crippen molar-refractivity contribution in [3.63, 3.8) is 0 Å². The molecule has 28 heavy (non-hydrogen) atoms. The highest BCUT2D eigenvalue weighted by atomic mass is 16.5. The van der Waals surface area contributed by atoms with E-state index in [-0.39, 0.29) is 11.5 Å². The average molecular weight is 377 g/mol. The molecule has 2 N–H and O–H groups in total. The van der Waals surface area contributed by atoms with E-state index in [1.54, 1.807) is 13.1 Å². The summed E-state index contributed by atoms with van der Waals surface area (Å²) in [5.74, 6) is 0.578. The number of carbonyl (C=O) groups excluding carboxylic acids is 1. The third-order valence-electron chi connectivity index (χ3n) is 6.00. The number of ether oxygens (including phenoxy) is 1. The van der Waals surface area contributed by atoms with E-state index < -0.39 is 0 Å². The van der Waals surface area contributed by atoms with E-state index in [4.69, 9.17) is 4.74 Å². The second-order valence-electron chi connectivity index (χ2n) is 7.46. The van der Waals surface area contributed by atoms with Crippen LogP contribution in [0.25, 0.3) is 10.9 Å². The summed E-state index contributed by atoms with van der Waals surface area (Å²) in [7, 11) is 1.59. The van der Waals surface area contributed by atoms with Crippen LogP contribution in [0, 0.1) is 0 Å². The lowest BCUT2D eigenvalue weighted by atomic mass is 9.83. The minimum Gasteiger partial charge on any atom is -0.368 e. The Morgan fingerprint density at radius 3 is 2.75 bits per heavy atom. The molecule has 7 heteroatoms. The van der Waals surface area contributed by atoms with Gasteiger partial charge >= 0.3 is 0 Å². The van der Waals surface area contributed by atoms with Crippen LogP contribution >= 0.6 is 0 Å². The van der Waals surface area contributed by atoms with Crippen LogP contribution in [0.15, 0.2) is 36.4 Å². The minimum atomic E-state index is -0.251. The summed E-state index contributed by atoms with van der Waals surface area (Å²) in [6, 6.07) is 12.1. The highest BCUT2D eigenvalue weighted by Crippen LogP contribution is 2.43. The maximum Gasteiger partial charge on any atom is 0.271 e. The van der Waals surface area contributed by atoms with E-state index in [0.717, 1.165) is 44.8 Å². The van der Waals surface area contributed by atoms with Crippen molar-refractivity contribution in [1.82, 2.24) is 20.5 Å². The van der Waals surface area contributed by atoms with Crippen molar-refractivity contribution in [2.24, 2.45) is 0 Å². The maximum atomic E-state index is 11.6. The van der Waals surface area contributed by atoms with Gasteiger partial charge in [0.2, 0.25) is 0 Å². The summed E-state index contributed by atoms with van der Waals surface area (Å²) in [6.45, 7) is 2.43. The first-order chi connectivity index (χ1) is 13.7. The van der Waals surface area contributed by atoms with Gasteiger partial charge in [-0.1, -0.05) is 18.2 Å². The first-order valence-corrected chi connectivity index (χ1v) is 9.75. The second-order valence-corrected chi connectivity index (χ2v) is 7.46. The van der Waals surface area contributed by atoms with Crippen molar-refractivity contribution >= 4 is 22.6 Å². The van der Waals surface area contributed by atoms with Crippen LogP contribution in [0.5, 0.6) is 0 Å². The molecule has 0 saturated carbocycles. The molecule has 5 rings (SSSR count). The van der Waals surface area contributed by atoms with Crippen LogP contribution < -0.4 is 10.2 Å². The fourth-order valence-corrected chi connectivity index (χ4v) is 4.50. The van der Waals surface area contributed by atoms with Crippen molar-refractivity contribution in [1.29, 1.82) is 0 Å². The van der Waals surface area contributed by atoms with Gasteiger partial charge in [-0.3, -0.25) is 4.79 Å². The number of fused-ring (bicyclic) bond motifs is 4. The van der Waals surface area contributed by atoms with E-state index in [0.29, 0.717) is 5.69 Å². The third-order valence-corrected chi connectivity index (χ3v) is 6.00. The molecule has 2 aromatic heterocycles. The van der Waals surface area contributed by atoms with E-state index in [2.05, 4.69) is 49.7 Å². The molecule has 144 valence electrons. The summed E-state index contributed by atoms with van der Waals surface area (Å²) >= 11 is 0. The molecule has 7 nitrogen and oxygen atoms in total. The van der Waals surface area contributed by atoms with E-state index in [1.165, 1.54) is 22.2 Å². The molecule has 4 heterocycles. The Hall–Kier alpha value is -2.93. The molecule has 1 fully saturated rings. The summed E-state index contributed by atoms with van der Waals surface area (Å²) in [6.07, 6.45) is 2.74. The zero-order chi connectivity index (χ0) is 19.1. The molecule has 2 aliphatic rings. The van der Waals surface area contributed by atoms with Gasteiger partial charge in [0.15, 0.2) is 11.5 Å². The lowest BCUT2D eigenvalue weighted by molar-refractivity contribution is -0.0791. The number of rotatable bonds is 2. The molecule has 1 amide bonds. The number of hydrogen-bond donors (Lipinski definition) is 2. The SMILES string of the molecule is CNC(=O)c1ccc(N2CCC3(CC2)OCCc2c3[nH]c3ccccc23)nn1. The fraction of sp³-hybridized carbons (Fsp3) is 0.381. The number of benzene rings is 1. The van der Waals surface area contributed by atoms with Crippen molar-refractivity contribution in [2.75, 3.05) is 31.6 Å². The first-order valence-electron chi connectivity index (χ1n) is 9.75. The van der Waals surface area contributed by atoms with Crippen molar-refractivity contribution < 1.29 is 9.53 Å². The Bertz CT molecular complexity index is 1020. The van der Waals surface area contributed by atoms with Gasteiger partial charge in [0.05, 0.1) is 12.3 Å². The largest absolute Gasteiger partial charge is 0.368 e. The summed E-state index contributed by atoms with van der Waals surface area (Å²) in [5.41, 5.74) is 3.93. The summed E-state index contributed by atoms with van der Waals surface area (Å²) in [5, 5.41) is 12.2. The van der Waals surface area contributed by atoms with Gasteiger partial charge in [-0.15, -0.1) is 10.2 Å². The number of piperidine rings is 1. The molecular formula is C21H23N5O2. The number of amides is 1. The number of H-pyrrole nitrogens is 1. The molecule has 0 radical (unpaired) electrons. The quantitative estimate of drug-likeness (QED) is 0.716. The highest BCUT2D eigenvalue weighted by molar-refractivity contribution is 5.91. The van der Waals surface area contributed by atoms with Gasteiger partial charge in [-0.2, -0.15) is 0 Å². The van der Waals surface area contributed by atoms with Crippen LogP contribution in [0.3, 0.4) is 0 Å². The third kappa shape index (κ3) is 2.65. The fourth-order valence-electron chi connectivity index (χ4n) is 4.50. The lowest BCUT2D eigenvalue weighted by Gasteiger charge is -2.44. The first kappa shape index (κ1) is 17.2. The number of hydrogen-bond acceptors (Lipinski definition) is 5. The highest BCUT2D eigenvalue weighted by Gasteiger charge is 2.43. The topological polar surface area (TPSA) is 83.1 Å². The molecule has 1 spiro atoms. The van der Waals surface area contributed by atoms with E-state index in [9.17, 15) is 4.79 Å². The van der Waals surface area contributed by atoms with Crippen molar-refractivity contribution in [2.45, 2.75) is 24.9 Å². The van der Waals surface area contributed by atoms with Crippen molar-refractivity contribution in [3.05, 3.63) is 53.3 Å². The number of nitrogens with one attached hydrogen (secondary N) is 2. The average Bonchev–Trinajstić information content (AvgIpc) is 3.14. The molecule has 1 saturated heterocycles. The molecule has 1 aromatic carbocycles.